The number of cyclic esters (lactones) is 2. The molecule has 0 N–H and O–H groups in total. The molecule has 0 saturated carbocycles. The van der Waals surface area contributed by atoms with Crippen molar-refractivity contribution in [3.63, 3.8) is 0 Å². The van der Waals surface area contributed by atoms with Crippen LogP contribution in [0, 0.1) is 6.92 Å². The summed E-state index contributed by atoms with van der Waals surface area (Å²) in [6.07, 6.45) is 1.38. The Kier molecular flexibility index (Phi) is 4.12. The van der Waals surface area contributed by atoms with Crippen molar-refractivity contribution in [1.82, 2.24) is 0 Å². The number of rotatable bonds is 3. The summed E-state index contributed by atoms with van der Waals surface area (Å²) in [4.78, 5) is 24.0. The Morgan fingerprint density at radius 3 is 2.05 bits per heavy atom. The highest BCUT2D eigenvalue weighted by Crippen LogP contribution is 2.31. The molecule has 1 aromatic rings. The van der Waals surface area contributed by atoms with E-state index in [9.17, 15) is 9.59 Å². The Hall–Kier alpha value is -2.50. The molecule has 1 aliphatic heterocycles. The van der Waals surface area contributed by atoms with E-state index in [1.165, 1.54) is 34.1 Å². The highest BCUT2D eigenvalue weighted by Gasteiger charge is 2.39. The van der Waals surface area contributed by atoms with Crippen LogP contribution < -0.4 is 9.47 Å². The maximum Gasteiger partial charge on any atom is 0.348 e. The van der Waals surface area contributed by atoms with Gasteiger partial charge in [0.15, 0.2) is 0 Å². The first kappa shape index (κ1) is 15.9. The van der Waals surface area contributed by atoms with E-state index < -0.39 is 17.7 Å². The summed E-state index contributed by atoms with van der Waals surface area (Å²) in [5.41, 5.74) is 1.20. The van der Waals surface area contributed by atoms with Gasteiger partial charge in [0.1, 0.15) is 17.1 Å². The smallest absolute Gasteiger partial charge is 0.348 e. The minimum absolute atomic E-state index is 0.191. The minimum atomic E-state index is -1.26. The van der Waals surface area contributed by atoms with Crippen molar-refractivity contribution in [3.8, 4) is 11.5 Å². The summed E-state index contributed by atoms with van der Waals surface area (Å²) in [5, 5.41) is 0. The molecule has 1 heterocycles. The van der Waals surface area contributed by atoms with Gasteiger partial charge < -0.3 is 18.9 Å². The Morgan fingerprint density at radius 2 is 1.55 bits per heavy atom. The van der Waals surface area contributed by atoms with Crippen molar-refractivity contribution >= 4 is 18.0 Å². The lowest BCUT2D eigenvalue weighted by atomic mass is 10.1. The number of ether oxygens (including phenoxy) is 4. The number of carbonyl (C=O) groups excluding carboxylic acids is 2. The summed E-state index contributed by atoms with van der Waals surface area (Å²) in [6.45, 7) is 4.86. The average molecular weight is 306 g/mol. The Bertz CT molecular complexity index is 635. The molecule has 0 bridgehead atoms. The number of aryl methyl sites for hydroxylation is 1. The molecule has 118 valence electrons. The highest BCUT2D eigenvalue weighted by atomic mass is 16.7. The number of carbonyl (C=O) groups is 2. The van der Waals surface area contributed by atoms with Crippen LogP contribution >= 0.6 is 0 Å². The normalized spacial score (nSPS) is 16.7. The van der Waals surface area contributed by atoms with Gasteiger partial charge in [0.25, 0.3) is 5.79 Å². The first-order valence-corrected chi connectivity index (χ1v) is 6.68. The molecule has 1 fully saturated rings. The van der Waals surface area contributed by atoms with Crippen LogP contribution in [0.5, 0.6) is 11.5 Å². The molecule has 1 saturated heterocycles. The highest BCUT2D eigenvalue weighted by molar-refractivity contribution is 6.19. The monoisotopic (exact) mass is 306 g/mol. The molecule has 1 aromatic carbocycles. The van der Waals surface area contributed by atoms with Crippen molar-refractivity contribution in [1.29, 1.82) is 0 Å². The quantitative estimate of drug-likeness (QED) is 0.484. The van der Waals surface area contributed by atoms with Crippen molar-refractivity contribution in [2.75, 3.05) is 14.2 Å². The van der Waals surface area contributed by atoms with Gasteiger partial charge >= 0.3 is 11.9 Å². The number of benzene rings is 1. The fourth-order valence-electron chi connectivity index (χ4n) is 2.12. The van der Waals surface area contributed by atoms with E-state index >= 15 is 0 Å². The largest absolute Gasteiger partial charge is 0.496 e. The maximum atomic E-state index is 12.0. The van der Waals surface area contributed by atoms with Gasteiger partial charge in [-0.1, -0.05) is 0 Å². The van der Waals surface area contributed by atoms with Crippen molar-refractivity contribution in [2.45, 2.75) is 26.6 Å². The first-order chi connectivity index (χ1) is 10.3. The van der Waals surface area contributed by atoms with Crippen LogP contribution in [0.15, 0.2) is 17.7 Å². The number of hydrogen-bond donors (Lipinski definition) is 0. The van der Waals surface area contributed by atoms with Crippen LogP contribution in [-0.2, 0) is 19.1 Å². The third kappa shape index (κ3) is 3.05. The number of methoxy groups -OCH3 is 2. The van der Waals surface area contributed by atoms with Gasteiger partial charge in [-0.25, -0.2) is 9.59 Å². The summed E-state index contributed by atoms with van der Waals surface area (Å²) >= 11 is 0. The van der Waals surface area contributed by atoms with Crippen LogP contribution in [0.4, 0.5) is 0 Å². The van der Waals surface area contributed by atoms with Gasteiger partial charge in [-0.2, -0.15) is 0 Å². The first-order valence-electron chi connectivity index (χ1n) is 6.68. The maximum absolute atomic E-state index is 12.0. The van der Waals surface area contributed by atoms with Gasteiger partial charge in [-0.05, 0) is 30.7 Å². The van der Waals surface area contributed by atoms with Crippen LogP contribution in [0.25, 0.3) is 6.08 Å². The molecule has 6 heteroatoms. The van der Waals surface area contributed by atoms with Gasteiger partial charge in [-0.3, -0.25) is 0 Å². The molecule has 22 heavy (non-hydrogen) atoms. The third-order valence-corrected chi connectivity index (χ3v) is 3.16. The molecular weight excluding hydrogens is 288 g/mol. The summed E-state index contributed by atoms with van der Waals surface area (Å²) in [6, 6.07) is 3.44. The Labute approximate surface area is 128 Å². The zero-order chi connectivity index (χ0) is 16.5. The van der Waals surface area contributed by atoms with Gasteiger partial charge in [0.2, 0.25) is 0 Å². The average Bonchev–Trinajstić information content (AvgIpc) is 2.42. The second-order valence-corrected chi connectivity index (χ2v) is 5.30. The molecule has 0 spiro atoms. The topological polar surface area (TPSA) is 71.1 Å². The lowest BCUT2D eigenvalue weighted by Crippen LogP contribution is -2.41. The zero-order valence-electron chi connectivity index (χ0n) is 13.2. The zero-order valence-corrected chi connectivity index (χ0v) is 13.2. The molecule has 1 aliphatic rings. The predicted octanol–water partition coefficient (Wildman–Crippen LogP) is 2.23. The molecule has 0 atom stereocenters. The van der Waals surface area contributed by atoms with Crippen molar-refractivity contribution in [3.05, 3.63) is 28.8 Å². The van der Waals surface area contributed by atoms with E-state index in [-0.39, 0.29) is 5.57 Å². The van der Waals surface area contributed by atoms with Gasteiger partial charge in [-0.15, -0.1) is 0 Å². The van der Waals surface area contributed by atoms with Gasteiger partial charge in [0.05, 0.1) is 14.2 Å². The molecule has 0 unspecified atom stereocenters. The number of hydrogen-bond acceptors (Lipinski definition) is 6. The molecule has 0 radical (unpaired) electrons. The molecule has 6 nitrogen and oxygen atoms in total. The number of esters is 2. The van der Waals surface area contributed by atoms with E-state index in [2.05, 4.69) is 0 Å². The van der Waals surface area contributed by atoms with E-state index in [4.69, 9.17) is 18.9 Å². The fourth-order valence-corrected chi connectivity index (χ4v) is 2.12. The van der Waals surface area contributed by atoms with Crippen molar-refractivity contribution in [2.24, 2.45) is 0 Å². The lowest BCUT2D eigenvalue weighted by Gasteiger charge is -2.29. The van der Waals surface area contributed by atoms with Crippen LogP contribution in [0.1, 0.15) is 25.0 Å². The predicted molar refractivity (Wildman–Crippen MR) is 78.5 cm³/mol. The van der Waals surface area contributed by atoms with E-state index in [0.29, 0.717) is 17.1 Å². The van der Waals surface area contributed by atoms with Crippen LogP contribution in [0.3, 0.4) is 0 Å². The Morgan fingerprint density at radius 1 is 1.00 bits per heavy atom. The van der Waals surface area contributed by atoms with Gasteiger partial charge in [0, 0.05) is 19.4 Å². The van der Waals surface area contributed by atoms with E-state index in [1.54, 1.807) is 12.1 Å². The molecule has 0 amide bonds. The lowest BCUT2D eigenvalue weighted by molar-refractivity contribution is -0.222. The second-order valence-electron chi connectivity index (χ2n) is 5.30. The van der Waals surface area contributed by atoms with Crippen LogP contribution in [0.2, 0.25) is 0 Å². The van der Waals surface area contributed by atoms with Crippen LogP contribution in [-0.4, -0.2) is 31.9 Å². The minimum Gasteiger partial charge on any atom is -0.496 e. The fraction of sp³-hybridized carbons (Fsp3) is 0.375. The molecular formula is C16H18O6. The van der Waals surface area contributed by atoms with Crippen molar-refractivity contribution < 1.29 is 28.5 Å². The molecule has 0 aromatic heterocycles. The Balaban J connectivity index is 2.48. The van der Waals surface area contributed by atoms with E-state index in [1.807, 2.05) is 6.92 Å². The molecule has 2 rings (SSSR count). The molecule has 0 aliphatic carbocycles. The summed E-state index contributed by atoms with van der Waals surface area (Å²) in [5.74, 6) is -1.60. The summed E-state index contributed by atoms with van der Waals surface area (Å²) < 4.78 is 20.6. The summed E-state index contributed by atoms with van der Waals surface area (Å²) in [7, 11) is 3.04. The second kappa shape index (κ2) is 5.71. The van der Waals surface area contributed by atoms with E-state index in [0.717, 1.165) is 5.56 Å². The standard InChI is InChI=1S/C16H18O6/c1-9-6-13(20-5)10(8-12(9)19-4)7-11-14(17)21-16(2,3)22-15(11)18/h6-8H,1-5H3. The SMILES string of the molecule is COc1cc(C=C2C(=O)OC(C)(C)OC2=O)c(OC)cc1C. The third-order valence-electron chi connectivity index (χ3n) is 3.16.